The van der Waals surface area contributed by atoms with E-state index in [0.717, 1.165) is 0 Å². The van der Waals surface area contributed by atoms with Crippen molar-refractivity contribution in [2.75, 3.05) is 6.73 Å². The molecular weight excluding hydrogens is 118 g/mol. The summed E-state index contributed by atoms with van der Waals surface area (Å²) in [6, 6.07) is 2.03. The molecule has 0 saturated heterocycles. The van der Waals surface area contributed by atoms with Crippen molar-refractivity contribution in [3.63, 3.8) is 0 Å². The third kappa shape index (κ3) is 1.65. The second-order valence-electron chi connectivity index (χ2n) is 1.34. The maximum atomic E-state index is 5.06. The molecule has 4 heteroatoms. The van der Waals surface area contributed by atoms with Crippen molar-refractivity contribution in [1.29, 1.82) is 0 Å². The first-order valence-electron chi connectivity index (χ1n) is 2.53. The lowest BCUT2D eigenvalue weighted by Gasteiger charge is -1.95. The van der Waals surface area contributed by atoms with Gasteiger partial charge in [0, 0.05) is 12.4 Å². The maximum Gasteiger partial charge on any atom is 0.317 e. The molecule has 1 aromatic heterocycles. The molecule has 0 spiro atoms. The predicted molar refractivity (Wildman–Crippen MR) is 31.7 cm³/mol. The average molecular weight is 125 g/mol. The Bertz CT molecular complexity index is 165. The van der Waals surface area contributed by atoms with E-state index in [2.05, 4.69) is 9.97 Å². The minimum atomic E-state index is 0.115. The van der Waals surface area contributed by atoms with Crippen molar-refractivity contribution >= 4 is 0 Å². The highest BCUT2D eigenvalue weighted by atomic mass is 16.5. The number of aromatic nitrogens is 2. The summed E-state index contributed by atoms with van der Waals surface area (Å²) in [4.78, 5) is 7.51. The van der Waals surface area contributed by atoms with E-state index in [1.165, 1.54) is 0 Å². The molecule has 0 saturated carbocycles. The van der Waals surface area contributed by atoms with Crippen molar-refractivity contribution in [3.8, 4) is 6.01 Å². The summed E-state index contributed by atoms with van der Waals surface area (Å²) in [6.45, 7) is 0.115. The number of ether oxygens (including phenoxy) is 1. The Morgan fingerprint density at radius 2 is 2.11 bits per heavy atom. The molecule has 0 amide bonds. The van der Waals surface area contributed by atoms with E-state index < -0.39 is 0 Å². The number of nitrogens with two attached hydrogens (primary N) is 1. The van der Waals surface area contributed by atoms with Crippen LogP contribution in [0.1, 0.15) is 0 Å². The molecule has 0 aliphatic rings. The van der Waals surface area contributed by atoms with E-state index in [1.54, 1.807) is 18.5 Å². The standard InChI is InChI=1S/C5H7N3O/c6-4-9-5-7-2-1-3-8-5/h1-3H,4,6H2. The molecule has 9 heavy (non-hydrogen) atoms. The SMILES string of the molecule is NCOc1ncccn1. The summed E-state index contributed by atoms with van der Waals surface area (Å²) in [5.41, 5.74) is 5.06. The van der Waals surface area contributed by atoms with Gasteiger partial charge in [-0.25, -0.2) is 9.97 Å². The highest BCUT2D eigenvalue weighted by molar-refractivity contribution is 4.92. The largest absolute Gasteiger partial charge is 0.448 e. The Kier molecular flexibility index (Phi) is 1.98. The van der Waals surface area contributed by atoms with Gasteiger partial charge in [-0.05, 0) is 6.07 Å². The molecule has 0 radical (unpaired) electrons. The van der Waals surface area contributed by atoms with Crippen LogP contribution in [0.4, 0.5) is 0 Å². The quantitative estimate of drug-likeness (QED) is 0.555. The highest BCUT2D eigenvalue weighted by Gasteiger charge is 1.87. The number of rotatable bonds is 2. The highest BCUT2D eigenvalue weighted by Crippen LogP contribution is 1.94. The minimum Gasteiger partial charge on any atom is -0.448 e. The first-order valence-corrected chi connectivity index (χ1v) is 2.53. The van der Waals surface area contributed by atoms with Crippen LogP contribution in [0.2, 0.25) is 0 Å². The Hall–Kier alpha value is -1.16. The van der Waals surface area contributed by atoms with Gasteiger partial charge in [-0.1, -0.05) is 0 Å². The second-order valence-corrected chi connectivity index (χ2v) is 1.34. The summed E-state index contributed by atoms with van der Waals surface area (Å²) >= 11 is 0. The van der Waals surface area contributed by atoms with Gasteiger partial charge in [0.15, 0.2) is 0 Å². The van der Waals surface area contributed by atoms with Gasteiger partial charge in [-0.2, -0.15) is 0 Å². The van der Waals surface area contributed by atoms with Gasteiger partial charge in [0.1, 0.15) is 6.73 Å². The molecule has 4 nitrogen and oxygen atoms in total. The van der Waals surface area contributed by atoms with Gasteiger partial charge in [0.25, 0.3) is 0 Å². The smallest absolute Gasteiger partial charge is 0.317 e. The van der Waals surface area contributed by atoms with Crippen LogP contribution < -0.4 is 10.5 Å². The average Bonchev–Trinajstić information content (AvgIpc) is 1.91. The van der Waals surface area contributed by atoms with Crippen LogP contribution in [-0.2, 0) is 0 Å². The number of nitrogens with zero attached hydrogens (tertiary/aromatic N) is 2. The summed E-state index contributed by atoms with van der Waals surface area (Å²) in [5, 5.41) is 0. The van der Waals surface area contributed by atoms with E-state index in [9.17, 15) is 0 Å². The van der Waals surface area contributed by atoms with E-state index in [4.69, 9.17) is 10.5 Å². The van der Waals surface area contributed by atoms with E-state index in [1.807, 2.05) is 0 Å². The summed E-state index contributed by atoms with van der Waals surface area (Å²) in [5.74, 6) is 0. The fourth-order valence-electron chi connectivity index (χ4n) is 0.434. The van der Waals surface area contributed by atoms with Crippen LogP contribution in [-0.4, -0.2) is 16.7 Å². The molecule has 1 rings (SSSR count). The molecular formula is C5H7N3O. The van der Waals surface area contributed by atoms with Crippen LogP contribution >= 0.6 is 0 Å². The number of hydrogen-bond acceptors (Lipinski definition) is 4. The van der Waals surface area contributed by atoms with Gasteiger partial charge in [0.05, 0.1) is 0 Å². The van der Waals surface area contributed by atoms with E-state index >= 15 is 0 Å². The molecule has 0 aliphatic carbocycles. The molecule has 0 fully saturated rings. The Morgan fingerprint density at radius 3 is 2.67 bits per heavy atom. The Balaban J connectivity index is 2.61. The molecule has 0 aliphatic heterocycles. The zero-order valence-corrected chi connectivity index (χ0v) is 4.82. The van der Waals surface area contributed by atoms with Gasteiger partial charge in [0.2, 0.25) is 0 Å². The molecule has 0 atom stereocenters. The second kappa shape index (κ2) is 2.99. The van der Waals surface area contributed by atoms with Crippen molar-refractivity contribution in [3.05, 3.63) is 18.5 Å². The van der Waals surface area contributed by atoms with E-state index in [0.29, 0.717) is 6.01 Å². The summed E-state index contributed by atoms with van der Waals surface area (Å²) < 4.78 is 4.76. The van der Waals surface area contributed by atoms with Crippen LogP contribution in [0.15, 0.2) is 18.5 Å². The lowest BCUT2D eigenvalue weighted by molar-refractivity contribution is 0.303. The van der Waals surface area contributed by atoms with Crippen molar-refractivity contribution in [1.82, 2.24) is 9.97 Å². The van der Waals surface area contributed by atoms with Gasteiger partial charge >= 0.3 is 6.01 Å². The molecule has 0 unspecified atom stereocenters. The fourth-order valence-corrected chi connectivity index (χ4v) is 0.434. The Labute approximate surface area is 52.7 Å². The minimum absolute atomic E-state index is 0.115. The van der Waals surface area contributed by atoms with Gasteiger partial charge < -0.3 is 4.74 Å². The van der Waals surface area contributed by atoms with Crippen LogP contribution in [0, 0.1) is 0 Å². The molecule has 48 valence electrons. The Morgan fingerprint density at radius 1 is 1.44 bits per heavy atom. The molecule has 1 aromatic rings. The van der Waals surface area contributed by atoms with Crippen molar-refractivity contribution in [2.45, 2.75) is 0 Å². The first kappa shape index (κ1) is 5.97. The fraction of sp³-hybridized carbons (Fsp3) is 0.200. The van der Waals surface area contributed by atoms with Gasteiger partial charge in [-0.15, -0.1) is 0 Å². The van der Waals surface area contributed by atoms with Crippen LogP contribution in [0.5, 0.6) is 6.01 Å². The van der Waals surface area contributed by atoms with Gasteiger partial charge in [-0.3, -0.25) is 5.73 Å². The normalized spacial score (nSPS) is 9.00. The maximum absolute atomic E-state index is 5.06. The van der Waals surface area contributed by atoms with Crippen molar-refractivity contribution in [2.24, 2.45) is 5.73 Å². The molecule has 0 aromatic carbocycles. The zero-order valence-electron chi connectivity index (χ0n) is 4.82. The molecule has 1 heterocycles. The summed E-state index contributed by atoms with van der Waals surface area (Å²) in [7, 11) is 0. The van der Waals surface area contributed by atoms with E-state index in [-0.39, 0.29) is 6.73 Å². The first-order chi connectivity index (χ1) is 4.43. The topological polar surface area (TPSA) is 61.0 Å². The molecule has 2 N–H and O–H groups in total. The van der Waals surface area contributed by atoms with Crippen LogP contribution in [0.25, 0.3) is 0 Å². The summed E-state index contributed by atoms with van der Waals surface area (Å²) in [6.07, 6.45) is 3.19. The zero-order chi connectivity index (χ0) is 6.53. The lowest BCUT2D eigenvalue weighted by Crippen LogP contribution is -2.08. The monoisotopic (exact) mass is 125 g/mol. The van der Waals surface area contributed by atoms with Crippen molar-refractivity contribution < 1.29 is 4.74 Å². The molecule has 0 bridgehead atoms. The predicted octanol–water partition coefficient (Wildman–Crippen LogP) is -0.228. The third-order valence-corrected chi connectivity index (χ3v) is 0.755. The lowest BCUT2D eigenvalue weighted by atomic mass is 10.7. The number of hydrogen-bond donors (Lipinski definition) is 1. The third-order valence-electron chi connectivity index (χ3n) is 0.755. The van der Waals surface area contributed by atoms with Crippen LogP contribution in [0.3, 0.4) is 0 Å².